The van der Waals surface area contributed by atoms with E-state index >= 15 is 0 Å². The van der Waals surface area contributed by atoms with Crippen LogP contribution >= 0.6 is 0 Å². The highest BCUT2D eigenvalue weighted by Crippen LogP contribution is 2.32. The van der Waals surface area contributed by atoms with Crippen LogP contribution in [-0.4, -0.2) is 39.3 Å². The van der Waals surface area contributed by atoms with Crippen LogP contribution in [0.4, 0.5) is 0 Å². The molecule has 0 radical (unpaired) electrons. The third kappa shape index (κ3) is 9.50. The summed E-state index contributed by atoms with van der Waals surface area (Å²) in [5, 5.41) is 28.4. The zero-order valence-electron chi connectivity index (χ0n) is 16.0. The molecule has 0 bridgehead atoms. The minimum absolute atomic E-state index is 0.0418. The molecule has 150 valence electrons. The van der Waals surface area contributed by atoms with Crippen molar-refractivity contribution in [1.29, 1.82) is 0 Å². The Kier molecular flexibility index (Phi) is 11.3. The number of allylic oxidation sites excluding steroid dienone is 6. The van der Waals surface area contributed by atoms with Crippen molar-refractivity contribution in [2.24, 2.45) is 11.8 Å². The number of aliphatic hydroxyl groups excluding tert-OH is 2. The Bertz CT molecular complexity index is 573. The molecule has 3 N–H and O–H groups in total. The van der Waals surface area contributed by atoms with Gasteiger partial charge in [0.05, 0.1) is 12.2 Å². The van der Waals surface area contributed by atoms with Gasteiger partial charge < -0.3 is 15.3 Å². The van der Waals surface area contributed by atoms with Crippen LogP contribution in [0.3, 0.4) is 0 Å². The van der Waals surface area contributed by atoms with Gasteiger partial charge in [0, 0.05) is 18.8 Å². The molecule has 5 heteroatoms. The molecule has 0 aliphatic heterocycles. The maximum absolute atomic E-state index is 11.9. The molecule has 0 unspecified atom stereocenters. The van der Waals surface area contributed by atoms with E-state index in [1.54, 1.807) is 12.2 Å². The number of aliphatic carboxylic acids is 1. The van der Waals surface area contributed by atoms with Gasteiger partial charge in [0.15, 0.2) is 0 Å². The van der Waals surface area contributed by atoms with Crippen molar-refractivity contribution in [1.82, 2.24) is 0 Å². The van der Waals surface area contributed by atoms with Gasteiger partial charge in [-0.15, -0.1) is 0 Å². The van der Waals surface area contributed by atoms with Crippen molar-refractivity contribution in [2.75, 3.05) is 0 Å². The van der Waals surface area contributed by atoms with Gasteiger partial charge in [-0.25, -0.2) is 0 Å². The maximum atomic E-state index is 11.9. The molecule has 1 aliphatic carbocycles. The van der Waals surface area contributed by atoms with Gasteiger partial charge in [-0.1, -0.05) is 55.5 Å². The Labute approximate surface area is 161 Å². The summed E-state index contributed by atoms with van der Waals surface area (Å²) in [5.41, 5.74) is 0. The lowest BCUT2D eigenvalue weighted by atomic mass is 9.91. The van der Waals surface area contributed by atoms with Gasteiger partial charge in [-0.05, 0) is 38.0 Å². The predicted molar refractivity (Wildman–Crippen MR) is 106 cm³/mol. The Morgan fingerprint density at radius 3 is 2.41 bits per heavy atom. The average molecular weight is 376 g/mol. The molecule has 1 rings (SSSR count). The number of rotatable bonds is 12. The highest BCUT2D eigenvalue weighted by atomic mass is 16.4. The van der Waals surface area contributed by atoms with E-state index in [1.165, 1.54) is 0 Å². The van der Waals surface area contributed by atoms with E-state index in [2.05, 4.69) is 0 Å². The van der Waals surface area contributed by atoms with Gasteiger partial charge in [-0.3, -0.25) is 9.59 Å². The lowest BCUT2D eigenvalue weighted by Crippen LogP contribution is -2.18. The number of carbonyl (C=O) groups excluding carboxylic acids is 1. The van der Waals surface area contributed by atoms with E-state index in [4.69, 9.17) is 5.11 Å². The fourth-order valence-corrected chi connectivity index (χ4v) is 3.18. The standard InChI is InChI=1S/C22H32O5/c1-2-18-19(21(25)16-20(18)24)15-14-17(23)12-10-8-6-4-3-5-7-9-11-13-22(26)27/h3-4,7-10,14-15,17-20,23-24H,2,5-6,11-13,16H2,1H3,(H,26,27)/b4-3-,9-7-,10-8-,15-14+/t17-,18+,19-,20+/m1/s1. The van der Waals surface area contributed by atoms with Crippen LogP contribution in [0.1, 0.15) is 51.9 Å². The van der Waals surface area contributed by atoms with E-state index in [9.17, 15) is 19.8 Å². The molecular formula is C22H32O5. The Hall–Kier alpha value is -1.98. The third-order valence-electron chi connectivity index (χ3n) is 4.70. The molecule has 5 nitrogen and oxygen atoms in total. The van der Waals surface area contributed by atoms with Crippen LogP contribution in [-0.2, 0) is 9.59 Å². The van der Waals surface area contributed by atoms with Crippen LogP contribution < -0.4 is 0 Å². The number of hydrogen-bond acceptors (Lipinski definition) is 4. The first-order valence-corrected chi connectivity index (χ1v) is 9.69. The van der Waals surface area contributed by atoms with Crippen molar-refractivity contribution in [2.45, 2.75) is 64.1 Å². The third-order valence-corrected chi connectivity index (χ3v) is 4.70. The second kappa shape index (κ2) is 13.2. The molecule has 4 atom stereocenters. The van der Waals surface area contributed by atoms with E-state index in [0.29, 0.717) is 12.8 Å². The van der Waals surface area contributed by atoms with E-state index in [0.717, 1.165) is 19.3 Å². The van der Waals surface area contributed by atoms with Crippen LogP contribution in [0.2, 0.25) is 0 Å². The Balaban J connectivity index is 2.22. The summed E-state index contributed by atoms with van der Waals surface area (Å²) in [7, 11) is 0. The number of carboxylic acid groups (broad SMARTS) is 1. The second-order valence-electron chi connectivity index (χ2n) is 6.84. The van der Waals surface area contributed by atoms with E-state index < -0.39 is 18.2 Å². The first-order valence-electron chi connectivity index (χ1n) is 9.69. The van der Waals surface area contributed by atoms with Crippen LogP contribution in [0.5, 0.6) is 0 Å². The van der Waals surface area contributed by atoms with Gasteiger partial charge in [0.2, 0.25) is 0 Å². The summed E-state index contributed by atoms with van der Waals surface area (Å²) in [5.74, 6) is -1.06. The topological polar surface area (TPSA) is 94.8 Å². The fourth-order valence-electron chi connectivity index (χ4n) is 3.18. The van der Waals surface area contributed by atoms with Gasteiger partial charge in [0.1, 0.15) is 5.78 Å². The Morgan fingerprint density at radius 2 is 1.78 bits per heavy atom. The zero-order valence-corrected chi connectivity index (χ0v) is 16.0. The van der Waals surface area contributed by atoms with Crippen molar-refractivity contribution in [3.05, 3.63) is 48.6 Å². The molecule has 1 saturated carbocycles. The summed E-state index contributed by atoms with van der Waals surface area (Å²) >= 11 is 0. The molecule has 1 aliphatic rings. The lowest BCUT2D eigenvalue weighted by Gasteiger charge is -2.16. The normalized spacial score (nSPS) is 24.9. The summed E-state index contributed by atoms with van der Waals surface area (Å²) < 4.78 is 0. The largest absolute Gasteiger partial charge is 0.481 e. The first kappa shape index (κ1) is 23.1. The molecule has 0 spiro atoms. The zero-order chi connectivity index (χ0) is 20.1. The fraction of sp³-hybridized carbons (Fsp3) is 0.545. The van der Waals surface area contributed by atoms with Crippen LogP contribution in [0.15, 0.2) is 48.6 Å². The van der Waals surface area contributed by atoms with E-state index in [1.807, 2.05) is 43.4 Å². The molecule has 27 heavy (non-hydrogen) atoms. The summed E-state index contributed by atoms with van der Waals surface area (Å²) in [6.45, 7) is 1.96. The summed E-state index contributed by atoms with van der Waals surface area (Å²) in [6, 6.07) is 0. The Morgan fingerprint density at radius 1 is 1.15 bits per heavy atom. The monoisotopic (exact) mass is 376 g/mol. The molecule has 0 amide bonds. The maximum Gasteiger partial charge on any atom is 0.303 e. The van der Waals surface area contributed by atoms with Crippen molar-refractivity contribution < 1.29 is 24.9 Å². The predicted octanol–water partition coefficient (Wildman–Crippen LogP) is 3.58. The first-order chi connectivity index (χ1) is 13.0. The molecular weight excluding hydrogens is 344 g/mol. The van der Waals surface area contributed by atoms with E-state index in [-0.39, 0.29) is 30.5 Å². The molecule has 0 heterocycles. The SMILES string of the molecule is CC[C@@H]1[C@@H](O)CC(=O)[C@@H]1/C=C/[C@H](O)C/C=C\C/C=C\C/C=C\CCC(=O)O. The minimum Gasteiger partial charge on any atom is -0.481 e. The van der Waals surface area contributed by atoms with Crippen molar-refractivity contribution in [3.8, 4) is 0 Å². The van der Waals surface area contributed by atoms with Crippen LogP contribution in [0.25, 0.3) is 0 Å². The smallest absolute Gasteiger partial charge is 0.303 e. The number of ketones is 1. The highest BCUT2D eigenvalue weighted by Gasteiger charge is 2.38. The van der Waals surface area contributed by atoms with Gasteiger partial charge in [-0.2, -0.15) is 0 Å². The molecule has 0 aromatic carbocycles. The molecule has 0 aromatic heterocycles. The molecule has 0 aromatic rings. The summed E-state index contributed by atoms with van der Waals surface area (Å²) in [6.07, 6.45) is 17.7. The highest BCUT2D eigenvalue weighted by molar-refractivity contribution is 5.85. The quantitative estimate of drug-likeness (QED) is 0.453. The number of carbonyl (C=O) groups is 2. The molecule has 1 fully saturated rings. The van der Waals surface area contributed by atoms with Gasteiger partial charge in [0.25, 0.3) is 0 Å². The number of aliphatic hydroxyl groups is 2. The summed E-state index contributed by atoms with van der Waals surface area (Å²) in [4.78, 5) is 22.2. The van der Waals surface area contributed by atoms with Gasteiger partial charge >= 0.3 is 5.97 Å². The van der Waals surface area contributed by atoms with Crippen molar-refractivity contribution >= 4 is 11.8 Å². The average Bonchev–Trinajstić information content (AvgIpc) is 2.90. The molecule has 0 saturated heterocycles. The number of hydrogen-bond donors (Lipinski definition) is 3. The van der Waals surface area contributed by atoms with Crippen LogP contribution in [0, 0.1) is 11.8 Å². The number of Topliss-reactive ketones (excluding diaryl/α,β-unsaturated/α-hetero) is 1. The lowest BCUT2D eigenvalue weighted by molar-refractivity contribution is -0.136. The van der Waals surface area contributed by atoms with Crippen molar-refractivity contribution in [3.63, 3.8) is 0 Å². The number of carboxylic acids is 1. The second-order valence-corrected chi connectivity index (χ2v) is 6.84. The minimum atomic E-state index is -0.782.